The molecule has 2 aliphatic rings. The van der Waals surface area contributed by atoms with Gasteiger partial charge in [0.15, 0.2) is 0 Å². The highest BCUT2D eigenvalue weighted by molar-refractivity contribution is 6.73. The monoisotopic (exact) mass is 155 g/mol. The Bertz CT molecular complexity index is 252. The zero-order valence-corrected chi connectivity index (χ0v) is 6.02. The number of halogens is 1. The number of hydrogen-bond acceptors (Lipinski definition) is 3. The topological polar surface area (TPSA) is 36.8 Å². The van der Waals surface area contributed by atoms with Crippen molar-refractivity contribution in [1.82, 2.24) is 5.32 Å². The van der Waals surface area contributed by atoms with Crippen LogP contribution in [0.3, 0.4) is 0 Å². The van der Waals surface area contributed by atoms with E-state index in [1.54, 1.807) is 0 Å². The van der Waals surface area contributed by atoms with Gasteiger partial charge in [-0.15, -0.1) is 0 Å². The van der Waals surface area contributed by atoms with E-state index < -0.39 is 0 Å². The van der Waals surface area contributed by atoms with Crippen molar-refractivity contribution in [2.24, 2.45) is 9.98 Å². The molecule has 0 aliphatic carbocycles. The van der Waals surface area contributed by atoms with Gasteiger partial charge in [0.1, 0.15) is 17.7 Å². The first kappa shape index (κ1) is 5.92. The van der Waals surface area contributed by atoms with Crippen molar-refractivity contribution in [1.29, 1.82) is 0 Å². The Morgan fingerprint density at radius 3 is 3.20 bits per heavy atom. The van der Waals surface area contributed by atoms with E-state index in [-0.39, 0.29) is 0 Å². The third-order valence-electron chi connectivity index (χ3n) is 1.49. The van der Waals surface area contributed by atoms with Crippen LogP contribution in [0.25, 0.3) is 0 Å². The van der Waals surface area contributed by atoms with Gasteiger partial charge in [0.2, 0.25) is 0 Å². The summed E-state index contributed by atoms with van der Waals surface area (Å²) in [5, 5.41) is 3.60. The molecule has 0 atom stereocenters. The maximum atomic E-state index is 5.78. The SMILES string of the molecule is ClC1=NCNC2=NCC=C12. The van der Waals surface area contributed by atoms with E-state index in [0.29, 0.717) is 11.8 Å². The van der Waals surface area contributed by atoms with Crippen molar-refractivity contribution in [3.05, 3.63) is 11.6 Å². The second-order valence-corrected chi connectivity index (χ2v) is 2.45. The number of aliphatic imine (C=N–C) groups is 2. The summed E-state index contributed by atoms with van der Waals surface area (Å²) < 4.78 is 0. The molecule has 10 heavy (non-hydrogen) atoms. The molecule has 0 fully saturated rings. The van der Waals surface area contributed by atoms with E-state index >= 15 is 0 Å². The summed E-state index contributed by atoms with van der Waals surface area (Å²) in [6.07, 6.45) is 1.97. The molecule has 0 aromatic carbocycles. The molecule has 52 valence electrons. The first-order valence-corrected chi connectivity index (χ1v) is 3.45. The Balaban J connectivity index is 2.42. The number of fused-ring (bicyclic) bond motifs is 1. The molecular formula is C6H6ClN3. The van der Waals surface area contributed by atoms with Crippen LogP contribution in [0.15, 0.2) is 21.6 Å². The highest BCUT2D eigenvalue weighted by Gasteiger charge is 2.18. The molecule has 0 aromatic rings. The van der Waals surface area contributed by atoms with Crippen LogP contribution in [-0.2, 0) is 0 Å². The summed E-state index contributed by atoms with van der Waals surface area (Å²) in [6, 6.07) is 0. The molecule has 0 bridgehead atoms. The Hall–Kier alpha value is -0.830. The molecule has 0 aromatic heterocycles. The fourth-order valence-electron chi connectivity index (χ4n) is 1.01. The van der Waals surface area contributed by atoms with Gasteiger partial charge in [0, 0.05) is 0 Å². The summed E-state index contributed by atoms with van der Waals surface area (Å²) in [5.74, 6) is 0.889. The quantitative estimate of drug-likeness (QED) is 0.544. The summed E-state index contributed by atoms with van der Waals surface area (Å²) >= 11 is 5.78. The zero-order chi connectivity index (χ0) is 6.97. The molecule has 0 spiro atoms. The smallest absolute Gasteiger partial charge is 0.136 e. The summed E-state index contributed by atoms with van der Waals surface area (Å²) in [4.78, 5) is 8.15. The Morgan fingerprint density at radius 1 is 1.50 bits per heavy atom. The molecule has 0 amide bonds. The van der Waals surface area contributed by atoms with Gasteiger partial charge in [-0.3, -0.25) is 9.98 Å². The molecule has 2 aliphatic heterocycles. The number of rotatable bonds is 0. The van der Waals surface area contributed by atoms with Gasteiger partial charge in [0.25, 0.3) is 0 Å². The summed E-state index contributed by atoms with van der Waals surface area (Å²) in [6.45, 7) is 1.28. The van der Waals surface area contributed by atoms with Crippen molar-refractivity contribution in [2.45, 2.75) is 0 Å². The van der Waals surface area contributed by atoms with Crippen molar-refractivity contribution >= 4 is 22.6 Å². The fraction of sp³-hybridized carbons (Fsp3) is 0.333. The summed E-state index contributed by atoms with van der Waals surface area (Å²) in [5.41, 5.74) is 0.952. The molecule has 0 saturated heterocycles. The maximum Gasteiger partial charge on any atom is 0.136 e. The van der Waals surface area contributed by atoms with Crippen molar-refractivity contribution in [3.63, 3.8) is 0 Å². The predicted octanol–water partition coefficient (Wildman–Crippen LogP) is 0.523. The Kier molecular flexibility index (Phi) is 1.24. The van der Waals surface area contributed by atoms with Crippen molar-refractivity contribution in [2.75, 3.05) is 13.2 Å². The molecule has 1 N–H and O–H groups in total. The standard InChI is InChI=1S/C6H6ClN3/c7-5-4-1-2-8-6(4)10-3-9-5/h1H,2-3H2,(H,8,10). The predicted molar refractivity (Wildman–Crippen MR) is 41.7 cm³/mol. The van der Waals surface area contributed by atoms with E-state index in [9.17, 15) is 0 Å². The number of nitrogens with one attached hydrogen (secondary N) is 1. The van der Waals surface area contributed by atoms with Crippen LogP contribution in [0.4, 0.5) is 0 Å². The first-order chi connectivity index (χ1) is 4.88. The highest BCUT2D eigenvalue weighted by Crippen LogP contribution is 2.12. The molecule has 2 rings (SSSR count). The third kappa shape index (κ3) is 0.743. The second-order valence-electron chi connectivity index (χ2n) is 2.09. The lowest BCUT2D eigenvalue weighted by atomic mass is 10.2. The van der Waals surface area contributed by atoms with Crippen LogP contribution >= 0.6 is 11.6 Å². The number of amidine groups is 1. The van der Waals surface area contributed by atoms with Crippen molar-refractivity contribution < 1.29 is 0 Å². The average molecular weight is 156 g/mol. The van der Waals surface area contributed by atoms with E-state index in [4.69, 9.17) is 11.6 Å². The van der Waals surface area contributed by atoms with Crippen LogP contribution in [0.5, 0.6) is 0 Å². The normalized spacial score (nSPS) is 22.3. The molecule has 2 heterocycles. The van der Waals surface area contributed by atoms with E-state index in [0.717, 1.165) is 18.0 Å². The molecular weight excluding hydrogens is 150 g/mol. The van der Waals surface area contributed by atoms with Gasteiger partial charge in [0.05, 0.1) is 12.1 Å². The van der Waals surface area contributed by atoms with E-state index in [1.165, 1.54) is 0 Å². The van der Waals surface area contributed by atoms with Crippen LogP contribution < -0.4 is 5.32 Å². The van der Waals surface area contributed by atoms with E-state index in [1.807, 2.05) is 6.08 Å². The van der Waals surface area contributed by atoms with Gasteiger partial charge in [-0.2, -0.15) is 0 Å². The van der Waals surface area contributed by atoms with Crippen LogP contribution in [0.1, 0.15) is 0 Å². The second kappa shape index (κ2) is 2.09. The molecule has 0 unspecified atom stereocenters. The van der Waals surface area contributed by atoms with Crippen LogP contribution in [-0.4, -0.2) is 24.2 Å². The van der Waals surface area contributed by atoms with Gasteiger partial charge >= 0.3 is 0 Å². The molecule has 0 radical (unpaired) electrons. The van der Waals surface area contributed by atoms with Crippen LogP contribution in [0, 0.1) is 0 Å². The Morgan fingerprint density at radius 2 is 2.40 bits per heavy atom. The van der Waals surface area contributed by atoms with Crippen molar-refractivity contribution in [3.8, 4) is 0 Å². The lowest BCUT2D eigenvalue weighted by molar-refractivity contribution is 0.917. The zero-order valence-electron chi connectivity index (χ0n) is 5.26. The summed E-state index contributed by atoms with van der Waals surface area (Å²) in [7, 11) is 0. The minimum atomic E-state index is 0.551. The highest BCUT2D eigenvalue weighted by atomic mass is 35.5. The lowest BCUT2D eigenvalue weighted by Crippen LogP contribution is -2.30. The number of hydrogen-bond donors (Lipinski definition) is 1. The molecule has 0 saturated carbocycles. The van der Waals surface area contributed by atoms with Gasteiger partial charge < -0.3 is 5.32 Å². The largest absolute Gasteiger partial charge is 0.351 e. The van der Waals surface area contributed by atoms with Gasteiger partial charge in [-0.25, -0.2) is 0 Å². The minimum Gasteiger partial charge on any atom is -0.351 e. The fourth-order valence-corrected chi connectivity index (χ4v) is 1.24. The molecule has 4 heteroatoms. The average Bonchev–Trinajstić information content (AvgIpc) is 2.36. The van der Waals surface area contributed by atoms with E-state index in [2.05, 4.69) is 15.3 Å². The van der Waals surface area contributed by atoms with Crippen LogP contribution in [0.2, 0.25) is 0 Å². The molecule has 3 nitrogen and oxygen atoms in total. The minimum absolute atomic E-state index is 0.551. The maximum absolute atomic E-state index is 5.78. The van der Waals surface area contributed by atoms with Gasteiger partial charge in [-0.1, -0.05) is 11.6 Å². The Labute approximate surface area is 63.5 Å². The number of nitrogens with zero attached hydrogens (tertiary/aromatic N) is 2. The first-order valence-electron chi connectivity index (χ1n) is 3.07. The third-order valence-corrected chi connectivity index (χ3v) is 1.81. The lowest BCUT2D eigenvalue weighted by Gasteiger charge is -2.11. The van der Waals surface area contributed by atoms with Gasteiger partial charge in [-0.05, 0) is 6.08 Å².